The van der Waals surface area contributed by atoms with E-state index in [1.807, 2.05) is 0 Å². The molecule has 1 aromatic carbocycles. The van der Waals surface area contributed by atoms with Crippen molar-refractivity contribution in [2.24, 2.45) is 23.2 Å². The van der Waals surface area contributed by atoms with E-state index >= 15 is 0 Å². The predicted octanol–water partition coefficient (Wildman–Crippen LogP) is 4.41. The van der Waals surface area contributed by atoms with Crippen LogP contribution in [0.15, 0.2) is 47.1 Å². The van der Waals surface area contributed by atoms with E-state index in [1.54, 1.807) is 30.3 Å². The van der Waals surface area contributed by atoms with Crippen molar-refractivity contribution in [3.05, 3.63) is 54.0 Å². The quantitative estimate of drug-likeness (QED) is 0.609. The molecule has 0 aliphatic heterocycles. The van der Waals surface area contributed by atoms with Crippen molar-refractivity contribution < 1.29 is 23.5 Å². The molecular formula is C26H30N2O5. The third-order valence-corrected chi connectivity index (χ3v) is 7.86. The van der Waals surface area contributed by atoms with Gasteiger partial charge in [0.2, 0.25) is 0 Å². The minimum Gasteiger partial charge on any atom is -0.459 e. The summed E-state index contributed by atoms with van der Waals surface area (Å²) >= 11 is 0. The average Bonchev–Trinajstić information content (AvgIpc) is 3.32. The molecule has 1 heterocycles. The predicted molar refractivity (Wildman–Crippen MR) is 122 cm³/mol. The molecule has 2 aromatic rings. The number of carbonyl (C=O) groups excluding carboxylic acids is 3. The number of para-hydroxylation sites is 1. The molecule has 4 fully saturated rings. The smallest absolute Gasteiger partial charge is 0.340 e. The fourth-order valence-electron chi connectivity index (χ4n) is 6.71. The van der Waals surface area contributed by atoms with Crippen molar-refractivity contribution in [2.45, 2.75) is 51.5 Å². The Kier molecular flexibility index (Phi) is 5.72. The van der Waals surface area contributed by atoms with Crippen molar-refractivity contribution in [1.29, 1.82) is 0 Å². The molecule has 2 N–H and O–H groups in total. The van der Waals surface area contributed by atoms with E-state index in [0.717, 1.165) is 17.8 Å². The van der Waals surface area contributed by atoms with E-state index < -0.39 is 11.9 Å². The van der Waals surface area contributed by atoms with Crippen molar-refractivity contribution in [1.82, 2.24) is 5.32 Å². The number of rotatable bonds is 7. The van der Waals surface area contributed by atoms with Crippen LogP contribution in [0.25, 0.3) is 0 Å². The Hall–Kier alpha value is -3.09. The summed E-state index contributed by atoms with van der Waals surface area (Å²) in [4.78, 5) is 37.6. The van der Waals surface area contributed by atoms with Gasteiger partial charge in [-0.3, -0.25) is 9.59 Å². The number of carbonyl (C=O) groups is 3. The van der Waals surface area contributed by atoms with E-state index in [9.17, 15) is 14.4 Å². The fourth-order valence-corrected chi connectivity index (χ4v) is 6.71. The second-order valence-electron chi connectivity index (χ2n) is 10.1. The molecule has 1 atom stereocenters. The summed E-state index contributed by atoms with van der Waals surface area (Å²) in [6.45, 7) is 1.75. The first-order chi connectivity index (χ1) is 15.9. The first-order valence-corrected chi connectivity index (χ1v) is 11.8. The summed E-state index contributed by atoms with van der Waals surface area (Å²) in [7, 11) is 0. The summed E-state index contributed by atoms with van der Waals surface area (Å²) in [5, 5.41) is 5.76. The molecule has 7 nitrogen and oxygen atoms in total. The average molecular weight is 451 g/mol. The number of hydrogen-bond donors (Lipinski definition) is 2. The number of amides is 2. The number of furan rings is 1. The van der Waals surface area contributed by atoms with Crippen LogP contribution in [0.3, 0.4) is 0 Å². The molecule has 0 spiro atoms. The monoisotopic (exact) mass is 450 g/mol. The lowest BCUT2D eigenvalue weighted by Crippen LogP contribution is -2.56. The zero-order chi connectivity index (χ0) is 23.0. The second kappa shape index (κ2) is 8.69. The molecule has 4 aliphatic rings. The van der Waals surface area contributed by atoms with E-state index in [4.69, 9.17) is 9.15 Å². The van der Waals surface area contributed by atoms with Crippen LogP contribution in [0.5, 0.6) is 0 Å². The van der Waals surface area contributed by atoms with Gasteiger partial charge in [-0.15, -0.1) is 0 Å². The van der Waals surface area contributed by atoms with Gasteiger partial charge in [-0.25, -0.2) is 4.79 Å². The van der Waals surface area contributed by atoms with Gasteiger partial charge in [-0.05, 0) is 92.9 Å². The minimum atomic E-state index is -0.664. The van der Waals surface area contributed by atoms with Crippen LogP contribution in [-0.2, 0) is 9.53 Å². The van der Waals surface area contributed by atoms with Crippen LogP contribution in [0.1, 0.15) is 66.4 Å². The highest BCUT2D eigenvalue weighted by Crippen LogP contribution is 2.61. The van der Waals surface area contributed by atoms with Crippen molar-refractivity contribution in [3.8, 4) is 0 Å². The molecule has 2 amide bonds. The summed E-state index contributed by atoms with van der Waals surface area (Å²) in [5.41, 5.74) is 0.669. The van der Waals surface area contributed by atoms with Crippen LogP contribution in [0.4, 0.5) is 5.69 Å². The first kappa shape index (κ1) is 21.7. The molecule has 1 aromatic heterocycles. The molecule has 0 saturated heterocycles. The van der Waals surface area contributed by atoms with Crippen LogP contribution in [0, 0.1) is 23.2 Å². The first-order valence-electron chi connectivity index (χ1n) is 11.8. The highest BCUT2D eigenvalue weighted by molar-refractivity contribution is 6.06. The van der Waals surface area contributed by atoms with Gasteiger partial charge in [-0.1, -0.05) is 12.1 Å². The lowest BCUT2D eigenvalue weighted by atomic mass is 9.48. The third kappa shape index (κ3) is 4.41. The van der Waals surface area contributed by atoms with Crippen molar-refractivity contribution >= 4 is 23.5 Å². The topological polar surface area (TPSA) is 97.6 Å². The van der Waals surface area contributed by atoms with Crippen LogP contribution < -0.4 is 10.6 Å². The summed E-state index contributed by atoms with van der Waals surface area (Å²) in [6.07, 6.45) is 9.06. The number of esters is 1. The maximum atomic E-state index is 12.7. The van der Waals surface area contributed by atoms with Gasteiger partial charge in [0.15, 0.2) is 12.4 Å². The Morgan fingerprint density at radius 3 is 2.33 bits per heavy atom. The van der Waals surface area contributed by atoms with E-state index in [1.165, 1.54) is 50.9 Å². The molecule has 0 radical (unpaired) electrons. The molecule has 0 unspecified atom stereocenters. The normalized spacial score (nSPS) is 28.2. The van der Waals surface area contributed by atoms with Gasteiger partial charge in [0.1, 0.15) is 0 Å². The van der Waals surface area contributed by atoms with Crippen LogP contribution in [-0.4, -0.2) is 30.4 Å². The van der Waals surface area contributed by atoms with Gasteiger partial charge < -0.3 is 19.8 Å². The van der Waals surface area contributed by atoms with E-state index in [0.29, 0.717) is 5.69 Å². The van der Waals surface area contributed by atoms with Gasteiger partial charge in [0.05, 0.1) is 17.5 Å². The molecule has 4 saturated carbocycles. The Bertz CT molecular complexity index is 1010. The summed E-state index contributed by atoms with van der Waals surface area (Å²) in [5.74, 6) is 1.13. The number of benzene rings is 1. The SMILES string of the molecule is C[C@H](NC(=O)COC(=O)c1ccccc1NC(=O)c1ccco1)C12CC3CC(CC(C3)C1)C2. The van der Waals surface area contributed by atoms with Gasteiger partial charge in [0, 0.05) is 6.04 Å². The second-order valence-corrected chi connectivity index (χ2v) is 10.1. The fraction of sp³-hybridized carbons (Fsp3) is 0.500. The Morgan fingerprint density at radius 2 is 1.70 bits per heavy atom. The Balaban J connectivity index is 1.17. The summed E-state index contributed by atoms with van der Waals surface area (Å²) < 4.78 is 10.4. The highest BCUT2D eigenvalue weighted by atomic mass is 16.5. The van der Waals surface area contributed by atoms with E-state index in [2.05, 4.69) is 17.6 Å². The maximum absolute atomic E-state index is 12.7. The highest BCUT2D eigenvalue weighted by Gasteiger charge is 2.53. The molecule has 4 aliphatic carbocycles. The zero-order valence-corrected chi connectivity index (χ0v) is 18.8. The number of ether oxygens (including phenoxy) is 1. The number of hydrogen-bond acceptors (Lipinski definition) is 5. The van der Waals surface area contributed by atoms with E-state index in [-0.39, 0.29) is 35.3 Å². The molecule has 174 valence electrons. The molecule has 4 bridgehead atoms. The minimum absolute atomic E-state index is 0.0666. The third-order valence-electron chi connectivity index (χ3n) is 7.86. The Morgan fingerprint density at radius 1 is 1.03 bits per heavy atom. The largest absolute Gasteiger partial charge is 0.459 e. The van der Waals surface area contributed by atoms with Crippen LogP contribution in [0.2, 0.25) is 0 Å². The maximum Gasteiger partial charge on any atom is 0.340 e. The Labute approximate surface area is 193 Å². The van der Waals surface area contributed by atoms with Gasteiger partial charge in [-0.2, -0.15) is 0 Å². The zero-order valence-electron chi connectivity index (χ0n) is 18.8. The molecule has 6 rings (SSSR count). The molecular weight excluding hydrogens is 420 g/mol. The van der Waals surface area contributed by atoms with Crippen LogP contribution >= 0.6 is 0 Å². The lowest BCUT2D eigenvalue weighted by Gasteiger charge is -2.59. The van der Waals surface area contributed by atoms with Crippen molar-refractivity contribution in [3.63, 3.8) is 0 Å². The van der Waals surface area contributed by atoms with Crippen molar-refractivity contribution in [2.75, 3.05) is 11.9 Å². The van der Waals surface area contributed by atoms with Gasteiger partial charge in [0.25, 0.3) is 11.8 Å². The standard InChI is InChI=1S/C26H30N2O5/c1-16(26-12-17-9-18(13-26)11-19(10-17)14-26)27-23(29)15-33-25(31)20-5-2-3-6-21(20)28-24(30)22-7-4-8-32-22/h2-8,16-19H,9-15H2,1H3,(H,27,29)(H,28,30)/t16-,17?,18?,19?,26?/m0/s1. The molecule has 33 heavy (non-hydrogen) atoms. The summed E-state index contributed by atoms with van der Waals surface area (Å²) in [6, 6.07) is 9.74. The van der Waals surface area contributed by atoms with Gasteiger partial charge >= 0.3 is 5.97 Å². The number of nitrogens with one attached hydrogen (secondary N) is 2. The molecule has 7 heteroatoms. The lowest BCUT2D eigenvalue weighted by molar-refractivity contribution is -0.128. The number of anilines is 1.